The van der Waals surface area contributed by atoms with Crippen LogP contribution in [0, 0.1) is 17.1 Å². The maximum absolute atomic E-state index is 14.2. The van der Waals surface area contributed by atoms with Crippen LogP contribution in [0.1, 0.15) is 12.5 Å². The fourth-order valence-corrected chi connectivity index (χ4v) is 3.09. The maximum atomic E-state index is 14.2. The number of rotatable bonds is 6. The summed E-state index contributed by atoms with van der Waals surface area (Å²) in [6.07, 6.45) is 2.45. The lowest BCUT2D eigenvalue weighted by Gasteiger charge is -2.13. The van der Waals surface area contributed by atoms with Crippen LogP contribution in [-0.2, 0) is 10.0 Å². The number of nitrogens with zero attached hydrogens (tertiary/aromatic N) is 3. The molecule has 0 bridgehead atoms. The highest BCUT2D eigenvalue weighted by Gasteiger charge is 2.14. The lowest BCUT2D eigenvalue weighted by atomic mass is 10.1. The lowest BCUT2D eigenvalue weighted by molar-refractivity contribution is 0.326. The van der Waals surface area contributed by atoms with E-state index < -0.39 is 15.8 Å². The second kappa shape index (κ2) is 7.66. The molecule has 0 radical (unpaired) electrons. The highest BCUT2D eigenvalue weighted by molar-refractivity contribution is 7.92. The largest absolute Gasteiger partial charge is 0.477 e. The summed E-state index contributed by atoms with van der Waals surface area (Å²) in [6.45, 7) is 2.20. The van der Waals surface area contributed by atoms with Gasteiger partial charge < -0.3 is 10.1 Å². The van der Waals surface area contributed by atoms with Crippen molar-refractivity contribution in [3.05, 3.63) is 47.9 Å². The van der Waals surface area contributed by atoms with Gasteiger partial charge >= 0.3 is 0 Å². The lowest BCUT2D eigenvalue weighted by Crippen LogP contribution is -2.10. The summed E-state index contributed by atoms with van der Waals surface area (Å²) in [5.74, 6) is -0.341. The second-order valence-corrected chi connectivity index (χ2v) is 7.55. The molecule has 0 amide bonds. The summed E-state index contributed by atoms with van der Waals surface area (Å²) >= 11 is 0. The van der Waals surface area contributed by atoms with E-state index in [1.165, 1.54) is 18.3 Å². The Balaban J connectivity index is 2.05. The van der Waals surface area contributed by atoms with Gasteiger partial charge in [0, 0.05) is 0 Å². The highest BCUT2D eigenvalue weighted by Crippen LogP contribution is 2.29. The molecule has 0 spiro atoms. The molecule has 0 saturated carbocycles. The van der Waals surface area contributed by atoms with Crippen molar-refractivity contribution < 1.29 is 17.5 Å². The number of hydrogen-bond acceptors (Lipinski definition) is 7. The van der Waals surface area contributed by atoms with E-state index in [1.54, 1.807) is 19.1 Å². The molecular formula is C18H16FN5O3S. The van der Waals surface area contributed by atoms with Gasteiger partial charge in [-0.25, -0.2) is 22.8 Å². The van der Waals surface area contributed by atoms with E-state index in [9.17, 15) is 18.1 Å². The van der Waals surface area contributed by atoms with Crippen LogP contribution in [0.3, 0.4) is 0 Å². The van der Waals surface area contributed by atoms with E-state index in [1.807, 2.05) is 6.07 Å². The number of ether oxygens (including phenoxy) is 1. The van der Waals surface area contributed by atoms with Crippen molar-refractivity contribution in [2.75, 3.05) is 22.9 Å². The molecule has 3 aromatic rings. The number of hydrogen-bond donors (Lipinski definition) is 2. The molecule has 0 atom stereocenters. The Hall–Kier alpha value is -3.45. The summed E-state index contributed by atoms with van der Waals surface area (Å²) in [5.41, 5.74) is 1.44. The summed E-state index contributed by atoms with van der Waals surface area (Å²) in [5, 5.41) is 12.4. The Labute approximate surface area is 161 Å². The van der Waals surface area contributed by atoms with E-state index in [2.05, 4.69) is 20.0 Å². The number of nitriles is 1. The predicted molar refractivity (Wildman–Crippen MR) is 104 cm³/mol. The van der Waals surface area contributed by atoms with E-state index >= 15 is 0 Å². The molecule has 1 aromatic heterocycles. The molecule has 2 N–H and O–H groups in total. The first-order chi connectivity index (χ1) is 13.3. The average molecular weight is 401 g/mol. The molecule has 0 aliphatic rings. The van der Waals surface area contributed by atoms with Crippen molar-refractivity contribution in [3.63, 3.8) is 0 Å². The summed E-state index contributed by atoms with van der Waals surface area (Å²) < 4.78 is 44.6. The first kappa shape index (κ1) is 19.3. The number of anilines is 3. The highest BCUT2D eigenvalue weighted by atomic mass is 32.2. The third kappa shape index (κ3) is 4.27. The van der Waals surface area contributed by atoms with Crippen LogP contribution in [-0.4, -0.2) is 31.2 Å². The molecule has 0 unspecified atom stereocenters. The quantitative estimate of drug-likeness (QED) is 0.651. The minimum atomic E-state index is -3.52. The van der Waals surface area contributed by atoms with Gasteiger partial charge in [-0.1, -0.05) is 0 Å². The van der Waals surface area contributed by atoms with Crippen LogP contribution in [0.5, 0.6) is 5.88 Å². The zero-order valence-corrected chi connectivity index (χ0v) is 15.8. The Bertz CT molecular complexity index is 1190. The van der Waals surface area contributed by atoms with Crippen LogP contribution in [0.15, 0.2) is 36.5 Å². The van der Waals surface area contributed by atoms with Gasteiger partial charge in [-0.05, 0) is 37.3 Å². The first-order valence-electron chi connectivity index (χ1n) is 8.17. The average Bonchev–Trinajstić information content (AvgIpc) is 2.63. The van der Waals surface area contributed by atoms with Crippen molar-refractivity contribution in [1.29, 1.82) is 5.26 Å². The topological polar surface area (TPSA) is 117 Å². The van der Waals surface area contributed by atoms with Crippen LogP contribution in [0.25, 0.3) is 11.0 Å². The van der Waals surface area contributed by atoms with Gasteiger partial charge in [0.1, 0.15) is 23.0 Å². The van der Waals surface area contributed by atoms with Gasteiger partial charge in [0.15, 0.2) is 0 Å². The number of halogens is 1. The van der Waals surface area contributed by atoms with Crippen molar-refractivity contribution in [3.8, 4) is 11.9 Å². The Morgan fingerprint density at radius 3 is 2.71 bits per heavy atom. The van der Waals surface area contributed by atoms with Gasteiger partial charge in [-0.15, -0.1) is 0 Å². The molecule has 2 aromatic carbocycles. The van der Waals surface area contributed by atoms with E-state index in [0.29, 0.717) is 23.3 Å². The standard InChI is InChI=1S/C18H16FN5O3S/c1-3-27-17-10-21-15-7-6-14(12(9-20)18(15)23-17)22-16-8-11(4-5-13(16)19)24-28(2,25)26/h4-8,10,22,24H,3H2,1-2H3. The van der Waals surface area contributed by atoms with E-state index in [4.69, 9.17) is 4.74 Å². The third-order valence-corrected chi connectivity index (χ3v) is 4.24. The zero-order chi connectivity index (χ0) is 20.3. The minimum absolute atomic E-state index is 0.00146. The molecular weight excluding hydrogens is 385 g/mol. The molecule has 0 fully saturated rings. The summed E-state index contributed by atoms with van der Waals surface area (Å²) in [7, 11) is -3.52. The number of benzene rings is 2. The molecule has 10 heteroatoms. The molecule has 3 rings (SSSR count). The van der Waals surface area contributed by atoms with Crippen LogP contribution in [0.2, 0.25) is 0 Å². The Morgan fingerprint density at radius 2 is 2.04 bits per heavy atom. The SMILES string of the molecule is CCOc1cnc2ccc(Nc3cc(NS(C)(=O)=O)ccc3F)c(C#N)c2n1. The fourth-order valence-electron chi connectivity index (χ4n) is 2.54. The van der Waals surface area contributed by atoms with E-state index in [-0.39, 0.29) is 22.8 Å². The first-order valence-corrected chi connectivity index (χ1v) is 10.1. The molecule has 0 saturated heterocycles. The molecule has 8 nitrogen and oxygen atoms in total. The molecule has 1 heterocycles. The van der Waals surface area contributed by atoms with Gasteiger partial charge in [0.25, 0.3) is 0 Å². The van der Waals surface area contributed by atoms with Crippen molar-refractivity contribution >= 4 is 38.1 Å². The van der Waals surface area contributed by atoms with Gasteiger partial charge in [-0.2, -0.15) is 5.26 Å². The normalized spacial score (nSPS) is 11.1. The number of nitrogens with one attached hydrogen (secondary N) is 2. The predicted octanol–water partition coefficient (Wildman–Crippen LogP) is 3.15. The summed E-state index contributed by atoms with van der Waals surface area (Å²) in [4.78, 5) is 8.51. The Kier molecular flexibility index (Phi) is 5.28. The van der Waals surface area contributed by atoms with Gasteiger partial charge in [0.2, 0.25) is 15.9 Å². The summed E-state index contributed by atoms with van der Waals surface area (Å²) in [6, 6.07) is 8.97. The van der Waals surface area contributed by atoms with Crippen LogP contribution in [0.4, 0.5) is 21.5 Å². The molecule has 0 aliphatic carbocycles. The Morgan fingerprint density at radius 1 is 1.25 bits per heavy atom. The number of aromatic nitrogens is 2. The minimum Gasteiger partial charge on any atom is -0.477 e. The number of fused-ring (bicyclic) bond motifs is 1. The van der Waals surface area contributed by atoms with Crippen molar-refractivity contribution in [1.82, 2.24) is 9.97 Å². The van der Waals surface area contributed by atoms with Crippen LogP contribution < -0.4 is 14.8 Å². The second-order valence-electron chi connectivity index (χ2n) is 5.80. The maximum Gasteiger partial charge on any atom is 0.232 e. The molecule has 0 aliphatic heterocycles. The third-order valence-electron chi connectivity index (χ3n) is 3.64. The van der Waals surface area contributed by atoms with Crippen molar-refractivity contribution in [2.24, 2.45) is 0 Å². The van der Waals surface area contributed by atoms with Gasteiger partial charge in [0.05, 0.1) is 41.6 Å². The van der Waals surface area contributed by atoms with Gasteiger partial charge in [-0.3, -0.25) is 4.72 Å². The van der Waals surface area contributed by atoms with Crippen molar-refractivity contribution in [2.45, 2.75) is 6.92 Å². The van der Waals surface area contributed by atoms with E-state index in [0.717, 1.165) is 12.3 Å². The molecule has 28 heavy (non-hydrogen) atoms. The smallest absolute Gasteiger partial charge is 0.232 e. The number of sulfonamides is 1. The monoisotopic (exact) mass is 401 g/mol. The van der Waals surface area contributed by atoms with Crippen LogP contribution >= 0.6 is 0 Å². The molecule has 144 valence electrons. The zero-order valence-electron chi connectivity index (χ0n) is 15.0. The fraction of sp³-hybridized carbons (Fsp3) is 0.167.